The molecule has 2 N–H and O–H groups in total. The second-order valence-corrected chi connectivity index (χ2v) is 9.96. The van der Waals surface area contributed by atoms with Crippen molar-refractivity contribution in [1.29, 1.82) is 0 Å². The third-order valence-electron chi connectivity index (χ3n) is 4.86. The van der Waals surface area contributed by atoms with Crippen molar-refractivity contribution in [1.82, 2.24) is 20.6 Å². The van der Waals surface area contributed by atoms with E-state index in [1.165, 1.54) is 0 Å². The molecule has 10 heteroatoms. The van der Waals surface area contributed by atoms with Gasteiger partial charge in [-0.2, -0.15) is 0 Å². The van der Waals surface area contributed by atoms with E-state index in [9.17, 15) is 8.42 Å². The van der Waals surface area contributed by atoms with Gasteiger partial charge < -0.3 is 15.5 Å². The van der Waals surface area contributed by atoms with E-state index < -0.39 is 9.84 Å². The zero-order valence-corrected chi connectivity index (χ0v) is 19.7. The summed E-state index contributed by atoms with van der Waals surface area (Å²) in [5.41, 5.74) is 0. The van der Waals surface area contributed by atoms with Crippen molar-refractivity contribution in [2.75, 3.05) is 36.0 Å². The molecule has 1 aromatic heterocycles. The Morgan fingerprint density at radius 2 is 2.07 bits per heavy atom. The molecular weight excluding hydrogens is 491 g/mol. The lowest BCUT2D eigenvalue weighted by Gasteiger charge is -2.34. The van der Waals surface area contributed by atoms with Crippen LogP contribution in [-0.4, -0.2) is 67.6 Å². The standard InChI is InChI=1S/C18H30N6O2S.HI/c1-14(2)22-17(21-11-15-6-10-27(25,26)13-15)23-16-5-3-9-24(12-16)18-19-7-4-8-20-18;/h4,7-8,14-16H,3,5-6,9-13H2,1-2H3,(H2,21,22,23);1H. The van der Waals surface area contributed by atoms with Crippen LogP contribution in [0.4, 0.5) is 5.95 Å². The molecule has 2 fully saturated rings. The largest absolute Gasteiger partial charge is 0.354 e. The summed E-state index contributed by atoms with van der Waals surface area (Å²) in [6, 6.07) is 2.32. The second-order valence-electron chi connectivity index (χ2n) is 7.74. The number of hydrogen-bond acceptors (Lipinski definition) is 6. The topological polar surface area (TPSA) is 99.6 Å². The maximum atomic E-state index is 11.7. The molecule has 158 valence electrons. The minimum Gasteiger partial charge on any atom is -0.354 e. The van der Waals surface area contributed by atoms with Crippen molar-refractivity contribution < 1.29 is 8.42 Å². The molecule has 0 aromatic carbocycles. The van der Waals surface area contributed by atoms with E-state index in [1.54, 1.807) is 12.4 Å². The SMILES string of the molecule is CC(C)NC(=NCC1CCS(=O)(=O)C1)NC1CCCN(c2ncccn2)C1.I. The van der Waals surface area contributed by atoms with Gasteiger partial charge in [-0.25, -0.2) is 18.4 Å². The number of guanidine groups is 1. The van der Waals surface area contributed by atoms with Crippen molar-refractivity contribution >= 4 is 45.7 Å². The van der Waals surface area contributed by atoms with E-state index in [2.05, 4.69) is 44.3 Å². The Labute approximate surface area is 184 Å². The molecule has 2 aliphatic heterocycles. The predicted octanol–water partition coefficient (Wildman–Crippen LogP) is 1.44. The fourth-order valence-corrected chi connectivity index (χ4v) is 5.42. The molecule has 2 saturated heterocycles. The molecule has 0 radical (unpaired) electrons. The Morgan fingerprint density at radius 1 is 1.32 bits per heavy atom. The van der Waals surface area contributed by atoms with Gasteiger partial charge in [-0.1, -0.05) is 0 Å². The summed E-state index contributed by atoms with van der Waals surface area (Å²) < 4.78 is 23.3. The zero-order chi connectivity index (χ0) is 19.3. The number of anilines is 1. The highest BCUT2D eigenvalue weighted by Crippen LogP contribution is 2.19. The van der Waals surface area contributed by atoms with Crippen molar-refractivity contribution in [2.24, 2.45) is 10.9 Å². The van der Waals surface area contributed by atoms with Gasteiger partial charge >= 0.3 is 0 Å². The average Bonchev–Trinajstić information content (AvgIpc) is 2.99. The summed E-state index contributed by atoms with van der Waals surface area (Å²) in [5, 5.41) is 6.89. The molecule has 0 aliphatic carbocycles. The highest BCUT2D eigenvalue weighted by Gasteiger charge is 2.28. The summed E-state index contributed by atoms with van der Waals surface area (Å²) in [7, 11) is -2.86. The monoisotopic (exact) mass is 522 g/mol. The van der Waals surface area contributed by atoms with Crippen LogP contribution in [0.25, 0.3) is 0 Å². The van der Waals surface area contributed by atoms with E-state index >= 15 is 0 Å². The molecule has 2 aliphatic rings. The number of sulfone groups is 1. The first-order valence-electron chi connectivity index (χ1n) is 9.71. The summed E-state index contributed by atoms with van der Waals surface area (Å²) in [6.07, 6.45) is 6.36. The van der Waals surface area contributed by atoms with Crippen LogP contribution in [0.5, 0.6) is 0 Å². The van der Waals surface area contributed by atoms with E-state index in [-0.39, 0.29) is 47.7 Å². The van der Waals surface area contributed by atoms with Crippen LogP contribution in [-0.2, 0) is 9.84 Å². The third kappa shape index (κ3) is 7.02. The highest BCUT2D eigenvalue weighted by molar-refractivity contribution is 14.0. The van der Waals surface area contributed by atoms with Gasteiger partial charge in [0.15, 0.2) is 15.8 Å². The van der Waals surface area contributed by atoms with E-state index in [0.717, 1.165) is 37.8 Å². The minimum absolute atomic E-state index is 0. The van der Waals surface area contributed by atoms with Crippen molar-refractivity contribution in [2.45, 2.75) is 45.2 Å². The quantitative estimate of drug-likeness (QED) is 0.343. The number of nitrogens with zero attached hydrogens (tertiary/aromatic N) is 4. The Morgan fingerprint density at radius 3 is 2.71 bits per heavy atom. The van der Waals surface area contributed by atoms with E-state index in [0.29, 0.717) is 18.7 Å². The molecule has 8 nitrogen and oxygen atoms in total. The minimum atomic E-state index is -2.86. The number of nitrogens with one attached hydrogen (secondary N) is 2. The molecule has 1 aromatic rings. The molecule has 2 atom stereocenters. The second kappa shape index (κ2) is 10.6. The lowest BCUT2D eigenvalue weighted by molar-refractivity contribution is 0.460. The van der Waals surface area contributed by atoms with Gasteiger partial charge in [0.1, 0.15) is 0 Å². The van der Waals surface area contributed by atoms with E-state index in [1.807, 2.05) is 6.07 Å². The molecular formula is C18H31IN6O2S. The molecule has 28 heavy (non-hydrogen) atoms. The summed E-state index contributed by atoms with van der Waals surface area (Å²) in [4.78, 5) is 15.6. The molecule has 0 bridgehead atoms. The fraction of sp³-hybridized carbons (Fsp3) is 0.722. The summed E-state index contributed by atoms with van der Waals surface area (Å²) in [6.45, 7) is 6.46. The van der Waals surface area contributed by atoms with Gasteiger partial charge in [0, 0.05) is 44.1 Å². The maximum absolute atomic E-state index is 11.7. The lowest BCUT2D eigenvalue weighted by Crippen LogP contribution is -2.52. The highest BCUT2D eigenvalue weighted by atomic mass is 127. The molecule has 0 amide bonds. The van der Waals surface area contributed by atoms with Crippen LogP contribution < -0.4 is 15.5 Å². The van der Waals surface area contributed by atoms with Crippen LogP contribution in [0.15, 0.2) is 23.5 Å². The number of halogens is 1. The summed E-state index contributed by atoms with van der Waals surface area (Å²) in [5.74, 6) is 2.20. The number of aromatic nitrogens is 2. The number of piperidine rings is 1. The number of aliphatic imine (C=N–C) groups is 1. The normalized spacial score (nSPS) is 24.7. The van der Waals surface area contributed by atoms with Crippen molar-refractivity contribution in [3.63, 3.8) is 0 Å². The van der Waals surface area contributed by atoms with Crippen molar-refractivity contribution in [3.8, 4) is 0 Å². The van der Waals surface area contributed by atoms with E-state index in [4.69, 9.17) is 0 Å². The lowest BCUT2D eigenvalue weighted by atomic mass is 10.1. The first-order valence-corrected chi connectivity index (χ1v) is 11.5. The van der Waals surface area contributed by atoms with Gasteiger partial charge in [0.25, 0.3) is 0 Å². The Bertz CT molecular complexity index is 744. The molecule has 3 rings (SSSR count). The average molecular weight is 522 g/mol. The maximum Gasteiger partial charge on any atom is 0.225 e. The molecule has 0 spiro atoms. The van der Waals surface area contributed by atoms with Crippen LogP contribution in [0, 0.1) is 5.92 Å². The summed E-state index contributed by atoms with van der Waals surface area (Å²) >= 11 is 0. The zero-order valence-electron chi connectivity index (χ0n) is 16.5. The van der Waals surface area contributed by atoms with Crippen LogP contribution in [0.2, 0.25) is 0 Å². The molecule has 3 heterocycles. The van der Waals surface area contributed by atoms with Crippen LogP contribution in [0.3, 0.4) is 0 Å². The Kier molecular flexibility index (Phi) is 8.72. The fourth-order valence-electron chi connectivity index (χ4n) is 3.57. The van der Waals surface area contributed by atoms with Crippen LogP contribution >= 0.6 is 24.0 Å². The van der Waals surface area contributed by atoms with Gasteiger partial charge in [0.05, 0.1) is 11.5 Å². The van der Waals surface area contributed by atoms with Gasteiger partial charge in [-0.15, -0.1) is 24.0 Å². The van der Waals surface area contributed by atoms with Gasteiger partial charge in [-0.05, 0) is 45.1 Å². The van der Waals surface area contributed by atoms with Crippen molar-refractivity contribution in [3.05, 3.63) is 18.5 Å². The predicted molar refractivity (Wildman–Crippen MR) is 123 cm³/mol. The number of rotatable bonds is 5. The first kappa shape index (κ1) is 23.1. The Hall–Kier alpha value is -1.17. The van der Waals surface area contributed by atoms with Crippen LogP contribution in [0.1, 0.15) is 33.1 Å². The molecule has 0 saturated carbocycles. The molecule has 2 unspecified atom stereocenters. The number of hydrogen-bond donors (Lipinski definition) is 2. The smallest absolute Gasteiger partial charge is 0.225 e. The third-order valence-corrected chi connectivity index (χ3v) is 6.69. The Balaban J connectivity index is 0.00000280. The first-order chi connectivity index (χ1) is 12.9. The van der Waals surface area contributed by atoms with Gasteiger partial charge in [0.2, 0.25) is 5.95 Å². The van der Waals surface area contributed by atoms with Gasteiger partial charge in [-0.3, -0.25) is 4.99 Å².